The molecule has 5 heteroatoms. The molecule has 0 saturated carbocycles. The molecule has 2 aromatic heterocycles. The Morgan fingerprint density at radius 2 is 1.58 bits per heavy atom. The van der Waals surface area contributed by atoms with E-state index in [1.54, 1.807) is 17.3 Å². The predicted octanol–water partition coefficient (Wildman–Crippen LogP) is 3.35. The van der Waals surface area contributed by atoms with Crippen LogP contribution in [0.3, 0.4) is 0 Å². The third-order valence-corrected chi connectivity index (χ3v) is 4.02. The standard InChI is InChI=1S/C21H22N4O/c1-24(2)14-15-25(21(26)17-8-4-3-5-9-17)18-11-12-20(23-16-18)19-10-6-7-13-22-19/h3-13,16H,14-15H2,1-2H3. The van der Waals surface area contributed by atoms with Crippen molar-refractivity contribution in [3.05, 3.63) is 78.6 Å². The van der Waals surface area contributed by atoms with Crippen molar-refractivity contribution in [1.82, 2.24) is 14.9 Å². The van der Waals surface area contributed by atoms with E-state index in [4.69, 9.17) is 0 Å². The van der Waals surface area contributed by atoms with E-state index < -0.39 is 0 Å². The van der Waals surface area contributed by atoms with Crippen LogP contribution < -0.4 is 4.90 Å². The second-order valence-electron chi connectivity index (χ2n) is 6.24. The van der Waals surface area contributed by atoms with Crippen LogP contribution in [0, 0.1) is 0 Å². The Hall–Kier alpha value is -3.05. The highest BCUT2D eigenvalue weighted by molar-refractivity contribution is 6.06. The second kappa shape index (κ2) is 8.36. The molecule has 1 amide bonds. The van der Waals surface area contributed by atoms with E-state index in [0.29, 0.717) is 12.1 Å². The topological polar surface area (TPSA) is 49.3 Å². The molecule has 3 rings (SSSR count). The van der Waals surface area contributed by atoms with Crippen LogP contribution in [0.2, 0.25) is 0 Å². The molecule has 0 aliphatic heterocycles. The van der Waals surface area contributed by atoms with Gasteiger partial charge in [0.1, 0.15) is 0 Å². The summed E-state index contributed by atoms with van der Waals surface area (Å²) in [5.41, 5.74) is 3.04. The van der Waals surface area contributed by atoms with Gasteiger partial charge < -0.3 is 9.80 Å². The van der Waals surface area contributed by atoms with Crippen LogP contribution in [0.15, 0.2) is 73.1 Å². The predicted molar refractivity (Wildman–Crippen MR) is 104 cm³/mol. The summed E-state index contributed by atoms with van der Waals surface area (Å²) >= 11 is 0. The minimum absolute atomic E-state index is 0.0279. The van der Waals surface area contributed by atoms with Crippen LogP contribution in [-0.2, 0) is 0 Å². The molecule has 5 nitrogen and oxygen atoms in total. The molecule has 0 radical (unpaired) electrons. The van der Waals surface area contributed by atoms with Gasteiger partial charge in [0.05, 0.1) is 23.3 Å². The van der Waals surface area contributed by atoms with Crippen LogP contribution >= 0.6 is 0 Å². The number of carbonyl (C=O) groups excluding carboxylic acids is 1. The average Bonchev–Trinajstić information content (AvgIpc) is 2.69. The molecular weight excluding hydrogens is 324 g/mol. The first-order valence-electron chi connectivity index (χ1n) is 8.54. The molecule has 0 saturated heterocycles. The van der Waals surface area contributed by atoms with E-state index >= 15 is 0 Å². The minimum Gasteiger partial charge on any atom is -0.308 e. The van der Waals surface area contributed by atoms with Gasteiger partial charge in [0, 0.05) is 24.8 Å². The summed E-state index contributed by atoms with van der Waals surface area (Å²) in [4.78, 5) is 25.6. The lowest BCUT2D eigenvalue weighted by Crippen LogP contribution is -2.36. The largest absolute Gasteiger partial charge is 0.308 e. The Balaban J connectivity index is 1.87. The molecule has 0 N–H and O–H groups in total. The van der Waals surface area contributed by atoms with Crippen LogP contribution in [-0.4, -0.2) is 48.0 Å². The number of carbonyl (C=O) groups is 1. The average molecular weight is 346 g/mol. The summed E-state index contributed by atoms with van der Waals surface area (Å²) in [6, 6.07) is 18.9. The number of likely N-dealkylation sites (N-methyl/N-ethyl adjacent to an activating group) is 1. The Bertz CT molecular complexity index is 833. The molecule has 2 heterocycles. The Kier molecular flexibility index (Phi) is 5.71. The monoisotopic (exact) mass is 346 g/mol. The third kappa shape index (κ3) is 4.32. The maximum Gasteiger partial charge on any atom is 0.258 e. The first kappa shape index (κ1) is 17.8. The molecule has 26 heavy (non-hydrogen) atoms. The van der Waals surface area contributed by atoms with Gasteiger partial charge in [-0.1, -0.05) is 24.3 Å². The molecule has 1 aromatic carbocycles. The molecule has 0 aliphatic rings. The number of amides is 1. The Morgan fingerprint density at radius 1 is 0.846 bits per heavy atom. The van der Waals surface area contributed by atoms with E-state index in [1.165, 1.54) is 0 Å². The highest BCUT2D eigenvalue weighted by Crippen LogP contribution is 2.20. The molecule has 132 valence electrons. The smallest absolute Gasteiger partial charge is 0.258 e. The van der Waals surface area contributed by atoms with E-state index in [-0.39, 0.29) is 5.91 Å². The molecule has 0 aliphatic carbocycles. The van der Waals surface area contributed by atoms with Crippen molar-refractivity contribution in [2.45, 2.75) is 0 Å². The highest BCUT2D eigenvalue weighted by Gasteiger charge is 2.18. The first-order chi connectivity index (χ1) is 12.6. The van der Waals surface area contributed by atoms with Crippen molar-refractivity contribution in [2.24, 2.45) is 0 Å². The molecular formula is C21H22N4O. The molecule has 0 fully saturated rings. The summed E-state index contributed by atoms with van der Waals surface area (Å²) < 4.78 is 0. The fourth-order valence-electron chi connectivity index (χ4n) is 2.60. The number of hydrogen-bond acceptors (Lipinski definition) is 4. The molecule has 3 aromatic rings. The summed E-state index contributed by atoms with van der Waals surface area (Å²) in [6.45, 7) is 1.35. The summed E-state index contributed by atoms with van der Waals surface area (Å²) in [5.74, 6) is -0.0279. The van der Waals surface area contributed by atoms with Gasteiger partial charge in [-0.05, 0) is 50.5 Å². The summed E-state index contributed by atoms with van der Waals surface area (Å²) in [5, 5.41) is 0. The van der Waals surface area contributed by atoms with E-state index in [2.05, 4.69) is 14.9 Å². The lowest BCUT2D eigenvalue weighted by molar-refractivity contribution is 0.0985. The number of rotatable bonds is 6. The Morgan fingerprint density at radius 3 is 2.19 bits per heavy atom. The van der Waals surface area contributed by atoms with Crippen molar-refractivity contribution in [2.75, 3.05) is 32.1 Å². The van der Waals surface area contributed by atoms with Crippen molar-refractivity contribution >= 4 is 11.6 Å². The fourth-order valence-corrected chi connectivity index (χ4v) is 2.60. The fraction of sp³-hybridized carbons (Fsp3) is 0.190. The lowest BCUT2D eigenvalue weighted by atomic mass is 10.2. The zero-order valence-corrected chi connectivity index (χ0v) is 15.0. The van der Waals surface area contributed by atoms with Gasteiger partial charge in [0.15, 0.2) is 0 Å². The lowest BCUT2D eigenvalue weighted by Gasteiger charge is -2.24. The van der Waals surface area contributed by atoms with Crippen molar-refractivity contribution < 1.29 is 4.79 Å². The van der Waals surface area contributed by atoms with Crippen molar-refractivity contribution in [3.63, 3.8) is 0 Å². The highest BCUT2D eigenvalue weighted by atomic mass is 16.2. The number of nitrogens with zero attached hydrogens (tertiary/aromatic N) is 4. The number of hydrogen-bond donors (Lipinski definition) is 0. The Labute approximate surface area is 153 Å². The quantitative estimate of drug-likeness (QED) is 0.687. The van der Waals surface area contributed by atoms with Gasteiger partial charge in [-0.3, -0.25) is 14.8 Å². The van der Waals surface area contributed by atoms with Crippen molar-refractivity contribution in [1.29, 1.82) is 0 Å². The van der Waals surface area contributed by atoms with E-state index in [9.17, 15) is 4.79 Å². The summed E-state index contributed by atoms with van der Waals surface area (Å²) in [7, 11) is 3.99. The molecule has 0 unspecified atom stereocenters. The van der Waals surface area contributed by atoms with Gasteiger partial charge in [-0.15, -0.1) is 0 Å². The van der Waals surface area contributed by atoms with E-state index in [0.717, 1.165) is 23.6 Å². The normalized spacial score (nSPS) is 10.7. The second-order valence-corrected chi connectivity index (χ2v) is 6.24. The number of aromatic nitrogens is 2. The molecule has 0 atom stereocenters. The van der Waals surface area contributed by atoms with Gasteiger partial charge in [-0.2, -0.15) is 0 Å². The van der Waals surface area contributed by atoms with Crippen LogP contribution in [0.5, 0.6) is 0 Å². The number of pyridine rings is 2. The third-order valence-electron chi connectivity index (χ3n) is 4.02. The maximum absolute atomic E-state index is 13.0. The zero-order valence-electron chi connectivity index (χ0n) is 15.0. The van der Waals surface area contributed by atoms with Crippen LogP contribution in [0.1, 0.15) is 10.4 Å². The zero-order chi connectivity index (χ0) is 18.4. The van der Waals surface area contributed by atoms with Gasteiger partial charge >= 0.3 is 0 Å². The molecule has 0 bridgehead atoms. The minimum atomic E-state index is -0.0279. The number of anilines is 1. The van der Waals surface area contributed by atoms with E-state index in [1.807, 2.05) is 74.8 Å². The first-order valence-corrected chi connectivity index (χ1v) is 8.54. The van der Waals surface area contributed by atoms with Gasteiger partial charge in [0.25, 0.3) is 5.91 Å². The molecule has 0 spiro atoms. The number of benzene rings is 1. The maximum atomic E-state index is 13.0. The van der Waals surface area contributed by atoms with Gasteiger partial charge in [-0.25, -0.2) is 0 Å². The summed E-state index contributed by atoms with van der Waals surface area (Å²) in [6.07, 6.45) is 3.48. The van der Waals surface area contributed by atoms with Crippen LogP contribution in [0.25, 0.3) is 11.4 Å². The SMILES string of the molecule is CN(C)CCN(C(=O)c1ccccc1)c1ccc(-c2ccccn2)nc1. The van der Waals surface area contributed by atoms with Crippen molar-refractivity contribution in [3.8, 4) is 11.4 Å². The van der Waals surface area contributed by atoms with Gasteiger partial charge in [0.2, 0.25) is 0 Å². The van der Waals surface area contributed by atoms with Crippen LogP contribution in [0.4, 0.5) is 5.69 Å².